The molecule has 2 heterocycles. The van der Waals surface area contributed by atoms with E-state index in [1.165, 1.54) is 18.2 Å². The number of carbonyl (C=O) groups is 3. The van der Waals surface area contributed by atoms with E-state index in [-0.39, 0.29) is 41.4 Å². The van der Waals surface area contributed by atoms with Crippen molar-refractivity contribution in [2.24, 2.45) is 0 Å². The highest BCUT2D eigenvalue weighted by Crippen LogP contribution is 2.32. The first-order valence-corrected chi connectivity index (χ1v) is 14.0. The summed E-state index contributed by atoms with van der Waals surface area (Å²) in [5.74, 6) is -3.96. The minimum atomic E-state index is -4.25. The van der Waals surface area contributed by atoms with Crippen molar-refractivity contribution in [1.29, 1.82) is 0 Å². The van der Waals surface area contributed by atoms with Crippen LogP contribution in [0.2, 0.25) is 5.02 Å². The van der Waals surface area contributed by atoms with E-state index in [9.17, 15) is 36.3 Å². The fourth-order valence-electron chi connectivity index (χ4n) is 4.61. The quantitative estimate of drug-likeness (QED) is 0.369. The van der Waals surface area contributed by atoms with E-state index in [2.05, 4.69) is 16.0 Å². The second kappa shape index (κ2) is 12.8. The lowest BCUT2D eigenvalue weighted by molar-refractivity contribution is -0.139. The van der Waals surface area contributed by atoms with Crippen molar-refractivity contribution in [2.75, 3.05) is 42.1 Å². The molecule has 4 rings (SSSR count). The van der Waals surface area contributed by atoms with Gasteiger partial charge in [-0.1, -0.05) is 29.4 Å². The third-order valence-electron chi connectivity index (χ3n) is 6.85. The number of anilines is 2. The largest absolute Gasteiger partial charge is 0.390 e. The average molecular weight is 620 g/mol. The highest BCUT2D eigenvalue weighted by molar-refractivity contribution is 8.14. The molecular formula is C26H27ClF5N5O3S. The van der Waals surface area contributed by atoms with Crippen molar-refractivity contribution < 1.29 is 36.3 Å². The maximum absolute atomic E-state index is 14.9. The molecule has 222 valence electrons. The van der Waals surface area contributed by atoms with Gasteiger partial charge in [-0.15, -0.1) is 0 Å². The van der Waals surface area contributed by atoms with E-state index in [4.69, 9.17) is 11.6 Å². The molecule has 2 aliphatic rings. The molecule has 0 aliphatic carbocycles. The van der Waals surface area contributed by atoms with Gasteiger partial charge in [-0.3, -0.25) is 19.3 Å². The highest BCUT2D eigenvalue weighted by atomic mass is 35.5. The van der Waals surface area contributed by atoms with Crippen LogP contribution in [-0.2, 0) is 11.3 Å². The van der Waals surface area contributed by atoms with Crippen LogP contribution < -0.4 is 20.9 Å². The predicted molar refractivity (Wildman–Crippen MR) is 146 cm³/mol. The molecule has 0 radical (unpaired) electrons. The number of benzene rings is 2. The minimum Gasteiger partial charge on any atom is -0.367 e. The third kappa shape index (κ3) is 7.80. The van der Waals surface area contributed by atoms with E-state index in [1.54, 1.807) is 17.9 Å². The van der Waals surface area contributed by atoms with E-state index in [1.807, 2.05) is 4.90 Å². The Morgan fingerprint density at radius 1 is 1.15 bits per heavy atom. The van der Waals surface area contributed by atoms with Crippen LogP contribution in [0.3, 0.4) is 0 Å². The third-order valence-corrected chi connectivity index (χ3v) is 7.96. The number of rotatable bonds is 8. The SMILES string of the molecule is C[C@@H]1CN(c2cc(Cl)ccc2NC(=O)c2ccc(CNC(=O)[C@H]3CSC(=O)N3)c(F)c2F)CCN1CCC(F)(F)F. The van der Waals surface area contributed by atoms with Crippen LogP contribution in [-0.4, -0.2) is 72.1 Å². The molecule has 2 saturated heterocycles. The first-order valence-electron chi connectivity index (χ1n) is 12.7. The van der Waals surface area contributed by atoms with Crippen LogP contribution in [0.5, 0.6) is 0 Å². The minimum absolute atomic E-state index is 0.127. The van der Waals surface area contributed by atoms with E-state index in [0.717, 1.165) is 17.8 Å². The molecule has 0 saturated carbocycles. The van der Waals surface area contributed by atoms with Gasteiger partial charge in [0.25, 0.3) is 11.1 Å². The number of hydrogen-bond donors (Lipinski definition) is 3. The Labute approximate surface area is 241 Å². The van der Waals surface area contributed by atoms with Gasteiger partial charge in [-0.25, -0.2) is 8.78 Å². The number of alkyl halides is 3. The molecule has 3 N–H and O–H groups in total. The van der Waals surface area contributed by atoms with E-state index >= 15 is 0 Å². The average Bonchev–Trinajstić information content (AvgIpc) is 3.35. The summed E-state index contributed by atoms with van der Waals surface area (Å²) in [6, 6.07) is 5.89. The van der Waals surface area contributed by atoms with Crippen molar-refractivity contribution in [3.05, 3.63) is 58.1 Å². The molecule has 2 aromatic carbocycles. The van der Waals surface area contributed by atoms with Crippen LogP contribution >= 0.6 is 23.4 Å². The van der Waals surface area contributed by atoms with Gasteiger partial charge in [0.2, 0.25) is 5.91 Å². The number of nitrogens with one attached hydrogen (secondary N) is 3. The van der Waals surface area contributed by atoms with Crippen LogP contribution in [0, 0.1) is 11.6 Å². The molecule has 0 aromatic heterocycles. The maximum atomic E-state index is 14.9. The summed E-state index contributed by atoms with van der Waals surface area (Å²) in [6.07, 6.45) is -5.17. The number of piperazine rings is 1. The van der Waals surface area contributed by atoms with Gasteiger partial charge in [-0.05, 0) is 31.2 Å². The van der Waals surface area contributed by atoms with Gasteiger partial charge in [-0.2, -0.15) is 13.2 Å². The van der Waals surface area contributed by atoms with Gasteiger partial charge >= 0.3 is 6.18 Å². The molecule has 2 atom stereocenters. The zero-order valence-corrected chi connectivity index (χ0v) is 23.4. The van der Waals surface area contributed by atoms with E-state index < -0.39 is 47.7 Å². The summed E-state index contributed by atoms with van der Waals surface area (Å²) in [4.78, 5) is 40.0. The van der Waals surface area contributed by atoms with Crippen molar-refractivity contribution in [3.8, 4) is 0 Å². The van der Waals surface area contributed by atoms with Gasteiger partial charge < -0.3 is 20.9 Å². The lowest BCUT2D eigenvalue weighted by Gasteiger charge is -2.41. The molecule has 0 bridgehead atoms. The Morgan fingerprint density at radius 2 is 1.90 bits per heavy atom. The second-order valence-electron chi connectivity index (χ2n) is 9.73. The van der Waals surface area contributed by atoms with Gasteiger partial charge in [0, 0.05) is 55.1 Å². The zero-order valence-electron chi connectivity index (χ0n) is 21.8. The van der Waals surface area contributed by atoms with E-state index in [0.29, 0.717) is 30.3 Å². The number of thioether (sulfide) groups is 1. The Balaban J connectivity index is 1.43. The second-order valence-corrected chi connectivity index (χ2v) is 11.2. The lowest BCUT2D eigenvalue weighted by Crippen LogP contribution is -2.52. The highest BCUT2D eigenvalue weighted by Gasteiger charge is 2.32. The molecule has 0 unspecified atom stereocenters. The summed E-state index contributed by atoms with van der Waals surface area (Å²) in [6.45, 7) is 2.39. The number of carbonyl (C=O) groups excluding carboxylic acids is 3. The first kappa shape index (κ1) is 30.8. The summed E-state index contributed by atoms with van der Waals surface area (Å²) >= 11 is 7.12. The monoisotopic (exact) mass is 619 g/mol. The smallest absolute Gasteiger partial charge is 0.367 e. The number of nitrogens with zero attached hydrogens (tertiary/aromatic N) is 2. The molecule has 3 amide bonds. The first-order chi connectivity index (χ1) is 19.3. The number of halogens is 6. The van der Waals surface area contributed by atoms with Crippen LogP contribution in [0.25, 0.3) is 0 Å². The Kier molecular flexibility index (Phi) is 9.65. The normalized spacial score (nSPS) is 19.7. The fourth-order valence-corrected chi connectivity index (χ4v) is 5.56. The summed E-state index contributed by atoms with van der Waals surface area (Å²) in [7, 11) is 0. The molecule has 8 nitrogen and oxygen atoms in total. The molecule has 41 heavy (non-hydrogen) atoms. The molecule has 15 heteroatoms. The summed E-state index contributed by atoms with van der Waals surface area (Å²) < 4.78 is 67.8. The van der Waals surface area contributed by atoms with Crippen molar-refractivity contribution in [3.63, 3.8) is 0 Å². The summed E-state index contributed by atoms with van der Waals surface area (Å²) in [5, 5.41) is 7.47. The van der Waals surface area contributed by atoms with Crippen molar-refractivity contribution in [2.45, 2.75) is 38.1 Å². The van der Waals surface area contributed by atoms with Crippen LogP contribution in [0.15, 0.2) is 30.3 Å². The van der Waals surface area contributed by atoms with Crippen LogP contribution in [0.4, 0.5) is 38.1 Å². The van der Waals surface area contributed by atoms with Gasteiger partial charge in [0.15, 0.2) is 11.6 Å². The van der Waals surface area contributed by atoms with Gasteiger partial charge in [0.05, 0.1) is 23.4 Å². The molecule has 0 spiro atoms. The number of hydrogen-bond acceptors (Lipinski definition) is 6. The maximum Gasteiger partial charge on any atom is 0.390 e. The Bertz CT molecular complexity index is 1330. The van der Waals surface area contributed by atoms with Crippen molar-refractivity contribution >= 4 is 51.8 Å². The Hall–Kier alpha value is -3.10. The zero-order chi connectivity index (χ0) is 29.9. The van der Waals surface area contributed by atoms with Gasteiger partial charge in [0.1, 0.15) is 6.04 Å². The number of amides is 3. The topological polar surface area (TPSA) is 93.8 Å². The predicted octanol–water partition coefficient (Wildman–Crippen LogP) is 4.77. The lowest BCUT2D eigenvalue weighted by atomic mass is 10.1. The van der Waals surface area contributed by atoms with Crippen molar-refractivity contribution in [1.82, 2.24) is 15.5 Å². The summed E-state index contributed by atoms with van der Waals surface area (Å²) in [5.41, 5.74) is 0.00531. The fraction of sp³-hybridized carbons (Fsp3) is 0.423. The molecular weight excluding hydrogens is 593 g/mol. The molecule has 2 fully saturated rings. The standard InChI is InChI=1S/C26H27ClF5N5O3S/c1-14-12-37(9-8-36(14)7-6-26(30,31)32)20-10-16(27)3-5-18(20)34-23(38)17-4-2-15(21(28)22(17)29)11-33-24(39)19-13-41-25(40)35-19/h2-5,10,14,19H,6-9,11-13H2,1H3,(H,33,39)(H,34,38)(H,35,40)/t14-,19-/m1/s1. The molecule has 2 aromatic rings. The Morgan fingerprint density at radius 3 is 2.56 bits per heavy atom. The van der Waals surface area contributed by atoms with Crippen LogP contribution in [0.1, 0.15) is 29.3 Å². The molecule has 2 aliphatic heterocycles.